The van der Waals surface area contributed by atoms with E-state index in [1.54, 1.807) is 10.7 Å². The molecule has 22 heavy (non-hydrogen) atoms. The Bertz CT molecular complexity index is 775. The molecule has 6 nitrogen and oxygen atoms in total. The first-order valence-electron chi connectivity index (χ1n) is 6.76. The summed E-state index contributed by atoms with van der Waals surface area (Å²) in [6.07, 6.45) is 1.68. The van der Waals surface area contributed by atoms with Crippen LogP contribution in [0.25, 0.3) is 5.52 Å². The number of sulfone groups is 1. The number of nitrogens with zero attached hydrogens (tertiary/aromatic N) is 3. The molecule has 9 heteroatoms. The predicted octanol–water partition coefficient (Wildman–Crippen LogP) is 1.66. The van der Waals surface area contributed by atoms with Crippen molar-refractivity contribution < 1.29 is 8.42 Å². The normalized spacial score (nSPS) is 19.0. The molecule has 2 aromatic rings. The van der Waals surface area contributed by atoms with Crippen LogP contribution in [0.2, 0.25) is 5.02 Å². The Morgan fingerprint density at radius 2 is 2.00 bits per heavy atom. The van der Waals surface area contributed by atoms with Gasteiger partial charge in [-0.15, -0.1) is 12.4 Å². The van der Waals surface area contributed by atoms with E-state index in [1.807, 2.05) is 24.0 Å². The average molecular weight is 365 g/mol. The summed E-state index contributed by atoms with van der Waals surface area (Å²) in [5.74, 6) is 1.14. The molecule has 1 fully saturated rings. The molecular weight excluding hydrogens is 347 g/mol. The van der Waals surface area contributed by atoms with E-state index in [-0.39, 0.29) is 30.0 Å². The maximum Gasteiger partial charge on any atom is 0.153 e. The van der Waals surface area contributed by atoms with Gasteiger partial charge in [-0.05, 0) is 19.1 Å². The SMILES string of the molecule is CC(N)c1cc(Cl)c2ccnn2c1N1CCS(=O)(=O)CC1.Cl. The lowest BCUT2D eigenvalue weighted by Gasteiger charge is -2.31. The van der Waals surface area contributed by atoms with Crippen LogP contribution in [0.3, 0.4) is 0 Å². The zero-order valence-corrected chi connectivity index (χ0v) is 14.5. The minimum absolute atomic E-state index is 0. The highest BCUT2D eigenvalue weighted by Crippen LogP contribution is 2.32. The summed E-state index contributed by atoms with van der Waals surface area (Å²) >= 11 is 6.27. The van der Waals surface area contributed by atoms with Gasteiger partial charge >= 0.3 is 0 Å². The molecule has 0 aromatic carbocycles. The van der Waals surface area contributed by atoms with E-state index >= 15 is 0 Å². The zero-order valence-electron chi connectivity index (χ0n) is 12.1. The van der Waals surface area contributed by atoms with E-state index in [1.165, 1.54) is 0 Å². The third-order valence-corrected chi connectivity index (χ3v) is 5.67. The first-order chi connectivity index (χ1) is 9.89. The molecular formula is C13H18Cl2N4O2S. The molecule has 1 atom stereocenters. The van der Waals surface area contributed by atoms with Crippen molar-refractivity contribution in [1.82, 2.24) is 9.61 Å². The molecule has 122 valence electrons. The highest BCUT2D eigenvalue weighted by Gasteiger charge is 2.26. The van der Waals surface area contributed by atoms with E-state index in [0.29, 0.717) is 18.1 Å². The van der Waals surface area contributed by atoms with E-state index in [2.05, 4.69) is 5.10 Å². The Morgan fingerprint density at radius 1 is 1.36 bits per heavy atom. The van der Waals surface area contributed by atoms with Crippen LogP contribution in [0.15, 0.2) is 18.3 Å². The Hall–Kier alpha value is -1.02. The fourth-order valence-corrected chi connectivity index (χ4v) is 4.09. The van der Waals surface area contributed by atoms with Crippen LogP contribution in [0.4, 0.5) is 5.82 Å². The number of hydrogen-bond acceptors (Lipinski definition) is 5. The van der Waals surface area contributed by atoms with Gasteiger partial charge in [-0.1, -0.05) is 11.6 Å². The predicted molar refractivity (Wildman–Crippen MR) is 90.9 cm³/mol. The minimum Gasteiger partial charge on any atom is -0.354 e. The molecule has 2 N–H and O–H groups in total. The highest BCUT2D eigenvalue weighted by atomic mass is 35.5. The second-order valence-electron chi connectivity index (χ2n) is 5.33. The molecule has 0 bridgehead atoms. The Balaban J connectivity index is 0.00000176. The first kappa shape index (κ1) is 17.3. The van der Waals surface area contributed by atoms with Crippen molar-refractivity contribution in [3.8, 4) is 0 Å². The van der Waals surface area contributed by atoms with Gasteiger partial charge in [0.1, 0.15) is 5.82 Å². The lowest BCUT2D eigenvalue weighted by Crippen LogP contribution is -2.42. The summed E-state index contributed by atoms with van der Waals surface area (Å²) in [6.45, 7) is 2.77. The number of nitrogens with two attached hydrogens (primary N) is 1. The van der Waals surface area contributed by atoms with Crippen molar-refractivity contribution in [3.63, 3.8) is 0 Å². The van der Waals surface area contributed by atoms with Gasteiger partial charge in [-0.3, -0.25) is 0 Å². The number of halogens is 2. The summed E-state index contributed by atoms with van der Waals surface area (Å²) in [7, 11) is -2.93. The van der Waals surface area contributed by atoms with Gasteiger partial charge in [0.05, 0.1) is 28.2 Å². The molecule has 0 amide bonds. The van der Waals surface area contributed by atoms with Crippen LogP contribution < -0.4 is 10.6 Å². The van der Waals surface area contributed by atoms with Crippen molar-refractivity contribution in [3.05, 3.63) is 28.9 Å². The summed E-state index contributed by atoms with van der Waals surface area (Å²) in [4.78, 5) is 2.02. The third-order valence-electron chi connectivity index (χ3n) is 3.76. The summed E-state index contributed by atoms with van der Waals surface area (Å²) < 4.78 is 25.0. The van der Waals surface area contributed by atoms with Crippen LogP contribution in [0.5, 0.6) is 0 Å². The standard InChI is InChI=1S/C13H17ClN4O2S.ClH/c1-9(15)10-8-11(14)12-2-3-16-18(12)13(10)17-4-6-21(19,20)7-5-17;/h2-3,8-9H,4-7,15H2,1H3;1H. The number of aromatic nitrogens is 2. The van der Waals surface area contributed by atoms with Crippen LogP contribution in [0.1, 0.15) is 18.5 Å². The van der Waals surface area contributed by atoms with E-state index in [9.17, 15) is 8.42 Å². The van der Waals surface area contributed by atoms with Gasteiger partial charge in [0, 0.05) is 24.7 Å². The zero-order chi connectivity index (χ0) is 15.2. The molecule has 1 aliphatic rings. The molecule has 3 rings (SSSR count). The highest BCUT2D eigenvalue weighted by molar-refractivity contribution is 7.91. The third kappa shape index (κ3) is 3.03. The molecule has 1 saturated heterocycles. The quantitative estimate of drug-likeness (QED) is 0.876. The molecule has 1 aliphatic heterocycles. The van der Waals surface area contributed by atoms with Crippen LogP contribution in [-0.2, 0) is 9.84 Å². The van der Waals surface area contributed by atoms with Crippen molar-refractivity contribution >= 4 is 45.2 Å². The van der Waals surface area contributed by atoms with E-state index in [0.717, 1.165) is 16.9 Å². The second kappa shape index (κ2) is 6.23. The van der Waals surface area contributed by atoms with Gasteiger partial charge in [-0.2, -0.15) is 5.10 Å². The summed E-state index contributed by atoms with van der Waals surface area (Å²) in [6, 6.07) is 3.46. The van der Waals surface area contributed by atoms with E-state index < -0.39 is 9.84 Å². The Labute approximate surface area is 140 Å². The molecule has 1 unspecified atom stereocenters. The van der Waals surface area contributed by atoms with Crippen LogP contribution in [0, 0.1) is 0 Å². The van der Waals surface area contributed by atoms with Gasteiger partial charge < -0.3 is 10.6 Å². The van der Waals surface area contributed by atoms with Gasteiger partial charge in [-0.25, -0.2) is 12.9 Å². The monoisotopic (exact) mass is 364 g/mol. The smallest absolute Gasteiger partial charge is 0.153 e. The number of hydrogen-bond donors (Lipinski definition) is 1. The topological polar surface area (TPSA) is 80.7 Å². The van der Waals surface area contributed by atoms with Crippen molar-refractivity contribution in [2.75, 3.05) is 29.5 Å². The van der Waals surface area contributed by atoms with Crippen LogP contribution >= 0.6 is 24.0 Å². The maximum absolute atomic E-state index is 11.6. The molecule has 0 radical (unpaired) electrons. The molecule has 0 spiro atoms. The molecule has 0 aliphatic carbocycles. The maximum atomic E-state index is 11.6. The van der Waals surface area contributed by atoms with Crippen LogP contribution in [-0.4, -0.2) is 42.6 Å². The lowest BCUT2D eigenvalue weighted by atomic mass is 10.1. The fraction of sp³-hybridized carbons (Fsp3) is 0.462. The first-order valence-corrected chi connectivity index (χ1v) is 8.96. The molecule has 2 aromatic heterocycles. The van der Waals surface area contributed by atoms with Crippen molar-refractivity contribution in [2.45, 2.75) is 13.0 Å². The Kier molecular flexibility index (Phi) is 4.91. The average Bonchev–Trinajstić information content (AvgIpc) is 2.89. The second-order valence-corrected chi connectivity index (χ2v) is 8.04. The molecule has 0 saturated carbocycles. The minimum atomic E-state index is -2.93. The number of rotatable bonds is 2. The molecule has 3 heterocycles. The Morgan fingerprint density at radius 3 is 2.59 bits per heavy atom. The number of anilines is 1. The lowest BCUT2D eigenvalue weighted by molar-refractivity contribution is 0.585. The van der Waals surface area contributed by atoms with Crippen molar-refractivity contribution in [1.29, 1.82) is 0 Å². The van der Waals surface area contributed by atoms with E-state index in [4.69, 9.17) is 17.3 Å². The summed E-state index contributed by atoms with van der Waals surface area (Å²) in [5.41, 5.74) is 7.73. The number of pyridine rings is 1. The summed E-state index contributed by atoms with van der Waals surface area (Å²) in [5, 5.41) is 4.91. The van der Waals surface area contributed by atoms with Gasteiger partial charge in [0.25, 0.3) is 0 Å². The van der Waals surface area contributed by atoms with Crippen molar-refractivity contribution in [2.24, 2.45) is 5.73 Å². The van der Waals surface area contributed by atoms with Gasteiger partial charge in [0.2, 0.25) is 0 Å². The largest absolute Gasteiger partial charge is 0.354 e. The fourth-order valence-electron chi connectivity index (χ4n) is 2.63. The van der Waals surface area contributed by atoms with Gasteiger partial charge in [0.15, 0.2) is 9.84 Å². The number of fused-ring (bicyclic) bond motifs is 1.